The van der Waals surface area contributed by atoms with E-state index in [2.05, 4.69) is 53.7 Å². The predicted octanol–water partition coefficient (Wildman–Crippen LogP) is 4.75. The fourth-order valence-electron chi connectivity index (χ4n) is 2.16. The van der Waals surface area contributed by atoms with Gasteiger partial charge in [-0.2, -0.15) is 0 Å². The van der Waals surface area contributed by atoms with Gasteiger partial charge in [0.05, 0.1) is 5.69 Å². The van der Waals surface area contributed by atoms with Crippen molar-refractivity contribution in [3.05, 3.63) is 66.1 Å². The van der Waals surface area contributed by atoms with Crippen LogP contribution >= 0.6 is 11.8 Å². The van der Waals surface area contributed by atoms with Crippen molar-refractivity contribution in [2.75, 3.05) is 0 Å². The van der Waals surface area contributed by atoms with Crippen molar-refractivity contribution in [2.45, 2.75) is 30.4 Å². The minimum absolute atomic E-state index is 0.590. The lowest BCUT2D eigenvalue weighted by atomic mass is 10.0. The smallest absolute Gasteiger partial charge is 0.137 e. The molecule has 0 amide bonds. The lowest BCUT2D eigenvalue weighted by Gasteiger charge is -2.06. The molecule has 3 aromatic rings. The third-order valence-corrected chi connectivity index (χ3v) is 4.39. The minimum atomic E-state index is 0.590. The van der Waals surface area contributed by atoms with Gasteiger partial charge in [-0.25, -0.2) is 4.98 Å². The van der Waals surface area contributed by atoms with Crippen molar-refractivity contribution in [1.29, 1.82) is 0 Å². The molecule has 0 aliphatic heterocycles. The molecule has 0 saturated heterocycles. The van der Waals surface area contributed by atoms with Crippen LogP contribution in [0.5, 0.6) is 0 Å². The number of benzene rings is 1. The minimum Gasteiger partial charge on any atom is -0.307 e. The maximum absolute atomic E-state index is 4.62. The van der Waals surface area contributed by atoms with Gasteiger partial charge in [-0.15, -0.1) is 11.8 Å². The zero-order chi connectivity index (χ0) is 13.9. The van der Waals surface area contributed by atoms with Crippen molar-refractivity contribution in [3.8, 4) is 0 Å². The first kappa shape index (κ1) is 13.3. The molecule has 2 aromatic heterocycles. The molecular weight excluding hydrogens is 264 g/mol. The summed E-state index contributed by atoms with van der Waals surface area (Å²) in [5, 5.41) is 0. The summed E-state index contributed by atoms with van der Waals surface area (Å²) in [5.74, 6) is 1.50. The van der Waals surface area contributed by atoms with Gasteiger partial charge in [-0.05, 0) is 35.7 Å². The zero-order valence-electron chi connectivity index (χ0n) is 11.8. The second-order valence-electron chi connectivity index (χ2n) is 5.21. The number of thioether (sulfide) groups is 1. The van der Waals surface area contributed by atoms with Gasteiger partial charge >= 0.3 is 0 Å². The van der Waals surface area contributed by atoms with Crippen LogP contribution in [0.15, 0.2) is 59.8 Å². The van der Waals surface area contributed by atoms with E-state index >= 15 is 0 Å². The van der Waals surface area contributed by atoms with E-state index in [4.69, 9.17) is 0 Å². The molecular formula is C17H18N2S. The summed E-state index contributed by atoms with van der Waals surface area (Å²) in [6, 6.07) is 14.9. The first-order valence-corrected chi connectivity index (χ1v) is 7.86. The van der Waals surface area contributed by atoms with Crippen LogP contribution in [0, 0.1) is 0 Å². The molecule has 0 aliphatic rings. The van der Waals surface area contributed by atoms with Gasteiger partial charge in [-0.1, -0.05) is 32.0 Å². The van der Waals surface area contributed by atoms with Gasteiger partial charge < -0.3 is 4.40 Å². The first-order chi connectivity index (χ1) is 9.72. The van der Waals surface area contributed by atoms with Crippen LogP contribution in [0.3, 0.4) is 0 Å². The SMILES string of the molecule is CC(C)c1ccc(SCc2cn3ccccc3n2)cc1. The Hall–Kier alpha value is -1.74. The van der Waals surface area contributed by atoms with Crippen LogP contribution in [-0.4, -0.2) is 9.38 Å². The molecule has 0 saturated carbocycles. The number of hydrogen-bond acceptors (Lipinski definition) is 2. The molecule has 2 nitrogen and oxygen atoms in total. The third kappa shape index (κ3) is 2.88. The van der Waals surface area contributed by atoms with E-state index in [0.29, 0.717) is 5.92 Å². The van der Waals surface area contributed by atoms with E-state index in [0.717, 1.165) is 17.1 Å². The fourth-order valence-corrected chi connectivity index (χ4v) is 2.95. The lowest BCUT2D eigenvalue weighted by molar-refractivity contribution is 0.865. The van der Waals surface area contributed by atoms with Crippen LogP contribution in [0.25, 0.3) is 5.65 Å². The van der Waals surface area contributed by atoms with E-state index in [1.54, 1.807) is 0 Å². The molecule has 3 rings (SSSR count). The molecule has 2 heterocycles. The Morgan fingerprint density at radius 2 is 1.90 bits per heavy atom. The number of fused-ring (bicyclic) bond motifs is 1. The van der Waals surface area contributed by atoms with E-state index in [9.17, 15) is 0 Å². The van der Waals surface area contributed by atoms with Gasteiger partial charge in [-0.3, -0.25) is 0 Å². The second kappa shape index (κ2) is 5.71. The Balaban J connectivity index is 1.69. The van der Waals surface area contributed by atoms with Crippen LogP contribution in [0.4, 0.5) is 0 Å². The summed E-state index contributed by atoms with van der Waals surface area (Å²) < 4.78 is 2.07. The molecule has 0 unspecified atom stereocenters. The van der Waals surface area contributed by atoms with Gasteiger partial charge in [0.1, 0.15) is 5.65 Å². The standard InChI is InChI=1S/C17H18N2S/c1-13(2)14-6-8-16(9-7-14)20-12-15-11-19-10-4-3-5-17(19)18-15/h3-11,13H,12H2,1-2H3. The maximum Gasteiger partial charge on any atom is 0.137 e. The summed E-state index contributed by atoms with van der Waals surface area (Å²) in [7, 11) is 0. The Kier molecular flexibility index (Phi) is 3.79. The van der Waals surface area contributed by atoms with E-state index in [-0.39, 0.29) is 0 Å². The molecule has 0 radical (unpaired) electrons. The Morgan fingerprint density at radius 3 is 2.60 bits per heavy atom. The number of nitrogens with zero attached hydrogens (tertiary/aromatic N) is 2. The number of imidazole rings is 1. The summed E-state index contributed by atoms with van der Waals surface area (Å²) in [6.07, 6.45) is 4.14. The van der Waals surface area contributed by atoms with Crippen LogP contribution < -0.4 is 0 Å². The summed E-state index contributed by atoms with van der Waals surface area (Å²) in [5.41, 5.74) is 3.52. The molecule has 0 aliphatic carbocycles. The average Bonchev–Trinajstić information content (AvgIpc) is 2.88. The summed E-state index contributed by atoms with van der Waals surface area (Å²) in [6.45, 7) is 4.44. The molecule has 1 aromatic carbocycles. The molecule has 3 heteroatoms. The molecule has 0 bridgehead atoms. The first-order valence-electron chi connectivity index (χ1n) is 6.88. The Morgan fingerprint density at radius 1 is 1.10 bits per heavy atom. The largest absolute Gasteiger partial charge is 0.307 e. The summed E-state index contributed by atoms with van der Waals surface area (Å²) >= 11 is 1.83. The second-order valence-corrected chi connectivity index (χ2v) is 6.26. The van der Waals surface area contributed by atoms with Crippen LogP contribution in [0.1, 0.15) is 31.0 Å². The van der Waals surface area contributed by atoms with Crippen molar-refractivity contribution in [1.82, 2.24) is 9.38 Å². The highest BCUT2D eigenvalue weighted by Gasteiger charge is 2.03. The fraction of sp³-hybridized carbons (Fsp3) is 0.235. The Bertz CT molecular complexity index is 665. The summed E-state index contributed by atoms with van der Waals surface area (Å²) in [4.78, 5) is 5.91. The monoisotopic (exact) mass is 282 g/mol. The average molecular weight is 282 g/mol. The number of rotatable bonds is 4. The maximum atomic E-state index is 4.62. The molecule has 0 N–H and O–H groups in total. The highest BCUT2D eigenvalue weighted by atomic mass is 32.2. The van der Waals surface area contributed by atoms with E-state index in [1.807, 2.05) is 36.2 Å². The highest BCUT2D eigenvalue weighted by molar-refractivity contribution is 7.98. The molecule has 0 fully saturated rings. The van der Waals surface area contributed by atoms with Crippen molar-refractivity contribution in [2.24, 2.45) is 0 Å². The van der Waals surface area contributed by atoms with E-state index in [1.165, 1.54) is 10.5 Å². The quantitative estimate of drug-likeness (QED) is 0.642. The number of aromatic nitrogens is 2. The Labute approximate surface area is 123 Å². The zero-order valence-corrected chi connectivity index (χ0v) is 12.6. The van der Waals surface area contributed by atoms with E-state index < -0.39 is 0 Å². The molecule has 0 spiro atoms. The van der Waals surface area contributed by atoms with Crippen molar-refractivity contribution < 1.29 is 0 Å². The number of pyridine rings is 1. The van der Waals surface area contributed by atoms with Crippen molar-refractivity contribution >= 4 is 17.4 Å². The normalized spacial score (nSPS) is 11.3. The molecule has 102 valence electrons. The topological polar surface area (TPSA) is 17.3 Å². The highest BCUT2D eigenvalue weighted by Crippen LogP contribution is 2.24. The van der Waals surface area contributed by atoms with Crippen molar-refractivity contribution in [3.63, 3.8) is 0 Å². The van der Waals surface area contributed by atoms with Crippen LogP contribution in [-0.2, 0) is 5.75 Å². The lowest BCUT2D eigenvalue weighted by Crippen LogP contribution is -1.86. The van der Waals surface area contributed by atoms with Crippen LogP contribution in [0.2, 0.25) is 0 Å². The number of hydrogen-bond donors (Lipinski definition) is 0. The van der Waals surface area contributed by atoms with Gasteiger partial charge in [0.15, 0.2) is 0 Å². The molecule has 0 atom stereocenters. The van der Waals surface area contributed by atoms with Gasteiger partial charge in [0.25, 0.3) is 0 Å². The third-order valence-electron chi connectivity index (χ3n) is 3.35. The predicted molar refractivity (Wildman–Crippen MR) is 85.3 cm³/mol. The molecule has 20 heavy (non-hydrogen) atoms. The van der Waals surface area contributed by atoms with Gasteiger partial charge in [0.2, 0.25) is 0 Å². The van der Waals surface area contributed by atoms with Gasteiger partial charge in [0, 0.05) is 23.0 Å².